The highest BCUT2D eigenvalue weighted by Gasteiger charge is 2.38. The Labute approximate surface area is 330 Å². The molecular weight excluding hydrogens is 701 g/mol. The molecule has 1 aliphatic carbocycles. The molecule has 56 heavy (non-hydrogen) atoms. The summed E-state index contributed by atoms with van der Waals surface area (Å²) in [6.07, 6.45) is 8.82. The monoisotopic (exact) mass is 738 g/mol. The van der Waals surface area contributed by atoms with E-state index in [1.54, 1.807) is 0 Å². The van der Waals surface area contributed by atoms with Crippen LogP contribution in [-0.2, 0) is 0 Å². The number of anilines is 2. The number of fused-ring (bicyclic) bond motifs is 6. The number of hydrogen-bond donors (Lipinski definition) is 2. The van der Waals surface area contributed by atoms with Gasteiger partial charge in [0.2, 0.25) is 0 Å². The zero-order chi connectivity index (χ0) is 37.0. The molecule has 0 bridgehead atoms. The SMILES string of the molecule is C1=CC2c3ccc(-c4cccc5c4sc4c(-c6ccccc6)cccc45)cc3N(c3ccc(C4NC(c5ccccc5)=NC(c5ccccc5)N4)cc3)C2C=C1. The van der Waals surface area contributed by atoms with E-state index in [9.17, 15) is 0 Å². The Bertz CT molecular complexity index is 2820. The van der Waals surface area contributed by atoms with Gasteiger partial charge in [0.15, 0.2) is 0 Å². The first-order chi connectivity index (χ1) is 27.8. The molecule has 0 saturated heterocycles. The summed E-state index contributed by atoms with van der Waals surface area (Å²) in [4.78, 5) is 7.64. The Kier molecular flexibility index (Phi) is 8.01. The summed E-state index contributed by atoms with van der Waals surface area (Å²) in [5, 5.41) is 10.1. The van der Waals surface area contributed by atoms with E-state index in [1.165, 1.54) is 59.4 Å². The Morgan fingerprint density at radius 2 is 1.18 bits per heavy atom. The van der Waals surface area contributed by atoms with Crippen LogP contribution >= 0.6 is 11.3 Å². The third-order valence-corrected chi connectivity index (χ3v) is 12.8. The average Bonchev–Trinajstić information content (AvgIpc) is 3.83. The van der Waals surface area contributed by atoms with Crippen LogP contribution in [-0.4, -0.2) is 11.9 Å². The second kappa shape index (κ2) is 13.6. The Morgan fingerprint density at radius 3 is 1.89 bits per heavy atom. The first kappa shape index (κ1) is 32.9. The van der Waals surface area contributed by atoms with Gasteiger partial charge in [0.05, 0.1) is 6.04 Å². The van der Waals surface area contributed by atoms with Crippen molar-refractivity contribution in [1.82, 2.24) is 10.6 Å². The van der Waals surface area contributed by atoms with Crippen molar-refractivity contribution in [2.24, 2.45) is 4.99 Å². The minimum absolute atomic E-state index is 0.117. The lowest BCUT2D eigenvalue weighted by Gasteiger charge is -2.33. The van der Waals surface area contributed by atoms with Gasteiger partial charge in [-0.25, -0.2) is 4.99 Å². The standard InChI is InChI=1S/C51H38N4S/c1-4-14-33(15-5-1)39-21-12-23-43-44-24-13-22-40(48(44)56-47(39)43)37-28-31-42-41-20-10-11-25-45(41)55(46(42)32-37)38-29-26-36(27-30-38)51-53-49(34-16-6-2-7-17-34)52-50(54-51)35-18-8-3-9-19-35/h1-32,41,45,49,51,53H,(H,52,54). The van der Waals surface area contributed by atoms with E-state index in [4.69, 9.17) is 4.99 Å². The van der Waals surface area contributed by atoms with Crippen molar-refractivity contribution >= 4 is 48.7 Å². The summed E-state index contributed by atoms with van der Waals surface area (Å²) in [5.74, 6) is 1.18. The Hall–Kier alpha value is -6.53. The maximum Gasteiger partial charge on any atom is 0.131 e. The molecule has 2 aliphatic heterocycles. The molecule has 0 saturated carbocycles. The van der Waals surface area contributed by atoms with Crippen LogP contribution in [0.1, 0.15) is 40.5 Å². The van der Waals surface area contributed by atoms with Crippen molar-refractivity contribution in [3.8, 4) is 22.3 Å². The van der Waals surface area contributed by atoms with Crippen LogP contribution in [0.2, 0.25) is 0 Å². The second-order valence-electron chi connectivity index (χ2n) is 14.8. The van der Waals surface area contributed by atoms with E-state index >= 15 is 0 Å². The number of benzene rings is 7. The number of aliphatic imine (C=N–C) groups is 1. The number of hydrogen-bond acceptors (Lipinski definition) is 5. The van der Waals surface area contributed by atoms with Gasteiger partial charge >= 0.3 is 0 Å². The van der Waals surface area contributed by atoms with Gasteiger partial charge in [-0.3, -0.25) is 5.32 Å². The average molecular weight is 739 g/mol. The number of nitrogens with zero attached hydrogens (tertiary/aromatic N) is 2. The largest absolute Gasteiger partial charge is 0.350 e. The summed E-state index contributed by atoms with van der Waals surface area (Å²) in [5.41, 5.74) is 12.2. The van der Waals surface area contributed by atoms with Crippen molar-refractivity contribution in [3.63, 3.8) is 0 Å². The van der Waals surface area contributed by atoms with Crippen LogP contribution < -0.4 is 15.5 Å². The molecule has 0 radical (unpaired) electrons. The lowest BCUT2D eigenvalue weighted by molar-refractivity contribution is 0.409. The summed E-state index contributed by atoms with van der Waals surface area (Å²) in [6, 6.07) is 61.6. The molecule has 11 rings (SSSR count). The van der Waals surface area contributed by atoms with Crippen LogP contribution in [0.3, 0.4) is 0 Å². The third-order valence-electron chi connectivity index (χ3n) is 11.5. The number of thiophene rings is 1. The molecule has 3 heterocycles. The van der Waals surface area contributed by atoms with E-state index in [2.05, 4.69) is 204 Å². The van der Waals surface area contributed by atoms with Crippen LogP contribution in [0, 0.1) is 0 Å². The summed E-state index contributed by atoms with van der Waals surface area (Å²) in [6.45, 7) is 0. The Balaban J connectivity index is 0.965. The number of rotatable bonds is 6. The smallest absolute Gasteiger partial charge is 0.131 e. The van der Waals surface area contributed by atoms with Gasteiger partial charge in [0, 0.05) is 43.0 Å². The lowest BCUT2D eigenvalue weighted by atomic mass is 9.90. The van der Waals surface area contributed by atoms with E-state index in [-0.39, 0.29) is 24.3 Å². The van der Waals surface area contributed by atoms with Gasteiger partial charge in [-0.2, -0.15) is 0 Å². The summed E-state index contributed by atoms with van der Waals surface area (Å²) in [7, 11) is 0. The first-order valence-electron chi connectivity index (χ1n) is 19.4. The molecule has 4 atom stereocenters. The highest BCUT2D eigenvalue weighted by atomic mass is 32.1. The molecule has 2 N–H and O–H groups in total. The quantitative estimate of drug-likeness (QED) is 0.178. The van der Waals surface area contributed by atoms with Crippen molar-refractivity contribution < 1.29 is 0 Å². The molecule has 4 unspecified atom stereocenters. The summed E-state index contributed by atoms with van der Waals surface area (Å²) >= 11 is 1.91. The van der Waals surface area contributed by atoms with Crippen molar-refractivity contribution in [2.45, 2.75) is 24.3 Å². The maximum atomic E-state index is 5.10. The van der Waals surface area contributed by atoms with Crippen molar-refractivity contribution in [3.05, 3.63) is 216 Å². The van der Waals surface area contributed by atoms with Gasteiger partial charge in [-0.1, -0.05) is 176 Å². The van der Waals surface area contributed by atoms with E-state index in [1.807, 2.05) is 17.4 Å². The number of amidine groups is 1. The van der Waals surface area contributed by atoms with E-state index < -0.39 is 0 Å². The molecule has 268 valence electrons. The first-order valence-corrected chi connectivity index (χ1v) is 20.2. The molecule has 0 amide bonds. The molecule has 0 spiro atoms. The van der Waals surface area contributed by atoms with Gasteiger partial charge in [0.1, 0.15) is 18.2 Å². The highest BCUT2D eigenvalue weighted by Crippen LogP contribution is 2.50. The minimum Gasteiger partial charge on any atom is -0.350 e. The lowest BCUT2D eigenvalue weighted by Crippen LogP contribution is -2.44. The normalized spacial score (nSPS) is 19.8. The van der Waals surface area contributed by atoms with Gasteiger partial charge in [-0.15, -0.1) is 11.3 Å². The van der Waals surface area contributed by atoms with Crippen molar-refractivity contribution in [2.75, 3.05) is 4.90 Å². The molecule has 4 nitrogen and oxygen atoms in total. The predicted octanol–water partition coefficient (Wildman–Crippen LogP) is 12.5. The second-order valence-corrected chi connectivity index (χ2v) is 15.8. The Morgan fingerprint density at radius 1 is 0.536 bits per heavy atom. The highest BCUT2D eigenvalue weighted by molar-refractivity contribution is 7.26. The maximum absolute atomic E-state index is 5.10. The van der Waals surface area contributed by atoms with Crippen molar-refractivity contribution in [1.29, 1.82) is 0 Å². The summed E-state index contributed by atoms with van der Waals surface area (Å²) < 4.78 is 2.67. The third kappa shape index (κ3) is 5.59. The zero-order valence-corrected chi connectivity index (χ0v) is 31.4. The van der Waals surface area contributed by atoms with Gasteiger partial charge in [0.25, 0.3) is 0 Å². The van der Waals surface area contributed by atoms with Crippen LogP contribution in [0.4, 0.5) is 11.4 Å². The molecule has 3 aliphatic rings. The van der Waals surface area contributed by atoms with Crippen LogP contribution in [0.5, 0.6) is 0 Å². The fraction of sp³-hybridized carbons (Fsp3) is 0.0784. The molecular formula is C51H38N4S. The minimum atomic E-state index is -0.170. The fourth-order valence-corrected chi connectivity index (χ4v) is 10.2. The van der Waals surface area contributed by atoms with E-state index in [0.717, 1.165) is 22.5 Å². The van der Waals surface area contributed by atoms with Crippen LogP contribution in [0.15, 0.2) is 199 Å². The number of allylic oxidation sites excluding steroid dienone is 2. The fourth-order valence-electron chi connectivity index (χ4n) is 8.80. The van der Waals surface area contributed by atoms with Gasteiger partial charge < -0.3 is 10.2 Å². The topological polar surface area (TPSA) is 39.7 Å². The molecule has 7 aromatic carbocycles. The molecule has 0 fully saturated rings. The number of nitrogens with one attached hydrogen (secondary N) is 2. The van der Waals surface area contributed by atoms with Gasteiger partial charge in [-0.05, 0) is 57.1 Å². The molecule has 1 aromatic heterocycles. The molecule has 5 heteroatoms. The van der Waals surface area contributed by atoms with E-state index in [0.29, 0.717) is 0 Å². The predicted molar refractivity (Wildman–Crippen MR) is 235 cm³/mol. The zero-order valence-electron chi connectivity index (χ0n) is 30.6. The van der Waals surface area contributed by atoms with Crippen LogP contribution in [0.25, 0.3) is 42.4 Å². The molecule has 8 aromatic rings.